The molecule has 0 aromatic heterocycles. The lowest BCUT2D eigenvalue weighted by Crippen LogP contribution is -2.38. The van der Waals surface area contributed by atoms with Gasteiger partial charge >= 0.3 is 0 Å². The number of amides is 1. The third kappa shape index (κ3) is 3.77. The summed E-state index contributed by atoms with van der Waals surface area (Å²) in [5, 5.41) is 0.589. The minimum atomic E-state index is -3.04. The van der Waals surface area contributed by atoms with Crippen LogP contribution in [0.2, 0.25) is 0 Å². The van der Waals surface area contributed by atoms with Crippen LogP contribution in [-0.2, 0) is 14.6 Å². The molecule has 0 radical (unpaired) electrons. The first-order valence-corrected chi connectivity index (χ1v) is 11.4. The predicted molar refractivity (Wildman–Crippen MR) is 104 cm³/mol. The van der Waals surface area contributed by atoms with Crippen molar-refractivity contribution in [3.63, 3.8) is 0 Å². The van der Waals surface area contributed by atoms with Crippen LogP contribution in [0.3, 0.4) is 0 Å². The van der Waals surface area contributed by atoms with Gasteiger partial charge in [0.1, 0.15) is 0 Å². The number of carbonyl (C=O) groups excluding carboxylic acids is 1. The highest BCUT2D eigenvalue weighted by Gasteiger charge is 2.49. The topological polar surface area (TPSA) is 66.8 Å². The molecule has 1 aromatic carbocycles. The van der Waals surface area contributed by atoms with Gasteiger partial charge in [-0.3, -0.25) is 4.79 Å². The summed E-state index contributed by atoms with van der Waals surface area (Å²) in [6.45, 7) is 5.99. The number of carbonyl (C=O) groups is 1. The van der Waals surface area contributed by atoms with Crippen molar-refractivity contribution in [3.05, 3.63) is 29.8 Å². The third-order valence-corrected chi connectivity index (χ3v) is 8.10. The van der Waals surface area contributed by atoms with E-state index in [-0.39, 0.29) is 34.6 Å². The number of sulfone groups is 1. The highest BCUT2D eigenvalue weighted by atomic mass is 32.2. The summed E-state index contributed by atoms with van der Waals surface area (Å²) in [5.41, 5.74) is 2.01. The standard InChI is InChI=1S/C18H24N2O3S2/c1-4-13(5-2)17(21)19-18-20(14-8-6-7-12(3)9-14)15-10-25(22,23)11-16(15)24-18/h6-9,13,15-16H,4-5,10-11H2,1-3H3/t15-,16-/m0/s1. The molecule has 3 rings (SSSR count). The van der Waals surface area contributed by atoms with E-state index in [0.717, 1.165) is 24.1 Å². The van der Waals surface area contributed by atoms with E-state index in [1.165, 1.54) is 11.8 Å². The van der Waals surface area contributed by atoms with Gasteiger partial charge in [0.15, 0.2) is 15.0 Å². The Morgan fingerprint density at radius 3 is 2.68 bits per heavy atom. The molecule has 2 aliphatic heterocycles. The van der Waals surface area contributed by atoms with Gasteiger partial charge in [0, 0.05) is 16.9 Å². The van der Waals surface area contributed by atoms with E-state index >= 15 is 0 Å². The molecule has 0 bridgehead atoms. The van der Waals surface area contributed by atoms with Crippen molar-refractivity contribution in [3.8, 4) is 0 Å². The van der Waals surface area contributed by atoms with E-state index in [4.69, 9.17) is 0 Å². The number of nitrogens with zero attached hydrogens (tertiary/aromatic N) is 2. The van der Waals surface area contributed by atoms with Crippen LogP contribution in [0.5, 0.6) is 0 Å². The van der Waals surface area contributed by atoms with Gasteiger partial charge in [-0.1, -0.05) is 37.7 Å². The summed E-state index contributed by atoms with van der Waals surface area (Å²) < 4.78 is 24.1. The number of rotatable bonds is 4. The Balaban J connectivity index is 1.99. The van der Waals surface area contributed by atoms with E-state index in [1.54, 1.807) is 0 Å². The van der Waals surface area contributed by atoms with Crippen LogP contribution >= 0.6 is 11.8 Å². The van der Waals surface area contributed by atoms with Crippen molar-refractivity contribution in [2.45, 2.75) is 44.9 Å². The molecule has 2 heterocycles. The highest BCUT2D eigenvalue weighted by Crippen LogP contribution is 2.41. The molecule has 0 unspecified atom stereocenters. The van der Waals surface area contributed by atoms with E-state index in [1.807, 2.05) is 49.9 Å². The lowest BCUT2D eigenvalue weighted by Gasteiger charge is -2.25. The zero-order valence-corrected chi connectivity index (χ0v) is 16.4. The van der Waals surface area contributed by atoms with Crippen molar-refractivity contribution in [2.75, 3.05) is 16.4 Å². The van der Waals surface area contributed by atoms with Crippen LogP contribution in [0.15, 0.2) is 29.3 Å². The minimum Gasteiger partial charge on any atom is -0.316 e. The molecular weight excluding hydrogens is 356 g/mol. The summed E-state index contributed by atoms with van der Waals surface area (Å²) in [6, 6.07) is 7.78. The Morgan fingerprint density at radius 1 is 1.32 bits per heavy atom. The van der Waals surface area contributed by atoms with E-state index in [2.05, 4.69) is 4.99 Å². The first-order chi connectivity index (χ1) is 11.8. The number of hydrogen-bond acceptors (Lipinski definition) is 4. The van der Waals surface area contributed by atoms with Gasteiger partial charge in [-0.05, 0) is 37.5 Å². The fraction of sp³-hybridized carbons (Fsp3) is 0.556. The molecular formula is C18H24N2O3S2. The fourth-order valence-electron chi connectivity index (χ4n) is 3.47. The highest BCUT2D eigenvalue weighted by molar-refractivity contribution is 8.16. The van der Waals surface area contributed by atoms with Gasteiger partial charge in [0.05, 0.1) is 17.5 Å². The Labute approximate surface area is 153 Å². The van der Waals surface area contributed by atoms with Crippen molar-refractivity contribution in [2.24, 2.45) is 10.9 Å². The quantitative estimate of drug-likeness (QED) is 0.803. The number of anilines is 1. The second-order valence-electron chi connectivity index (χ2n) is 6.76. The van der Waals surface area contributed by atoms with Crippen LogP contribution in [0, 0.1) is 12.8 Å². The molecule has 5 nitrogen and oxygen atoms in total. The number of hydrogen-bond donors (Lipinski definition) is 0. The maximum atomic E-state index is 12.5. The summed E-state index contributed by atoms with van der Waals surface area (Å²) in [6.07, 6.45) is 1.53. The maximum absolute atomic E-state index is 12.5. The molecule has 1 aromatic rings. The molecule has 2 aliphatic rings. The van der Waals surface area contributed by atoms with Gasteiger partial charge in [-0.2, -0.15) is 4.99 Å². The van der Waals surface area contributed by atoms with Crippen LogP contribution in [0.25, 0.3) is 0 Å². The van der Waals surface area contributed by atoms with Gasteiger partial charge in [0.25, 0.3) is 5.91 Å². The zero-order valence-electron chi connectivity index (χ0n) is 14.8. The second kappa shape index (κ2) is 7.11. The maximum Gasteiger partial charge on any atom is 0.251 e. The van der Waals surface area contributed by atoms with Crippen molar-refractivity contribution in [1.82, 2.24) is 0 Å². The number of benzene rings is 1. The molecule has 136 valence electrons. The number of thioether (sulfide) groups is 1. The molecule has 0 spiro atoms. The Bertz CT molecular complexity index is 800. The molecule has 25 heavy (non-hydrogen) atoms. The molecule has 7 heteroatoms. The van der Waals surface area contributed by atoms with Crippen molar-refractivity contribution >= 4 is 38.4 Å². The van der Waals surface area contributed by atoms with Crippen molar-refractivity contribution < 1.29 is 13.2 Å². The lowest BCUT2D eigenvalue weighted by atomic mass is 10.0. The fourth-order valence-corrected chi connectivity index (χ4v) is 7.39. The number of amidine groups is 1. The molecule has 2 fully saturated rings. The molecule has 2 saturated heterocycles. The Kier molecular flexibility index (Phi) is 5.25. The number of aliphatic imine (C=N–C) groups is 1. The number of fused-ring (bicyclic) bond motifs is 1. The van der Waals surface area contributed by atoms with Crippen LogP contribution in [0.4, 0.5) is 5.69 Å². The lowest BCUT2D eigenvalue weighted by molar-refractivity contribution is -0.121. The monoisotopic (exact) mass is 380 g/mol. The van der Waals surface area contributed by atoms with Crippen LogP contribution in [0.1, 0.15) is 32.3 Å². The molecule has 0 aliphatic carbocycles. The summed E-state index contributed by atoms with van der Waals surface area (Å²) in [4.78, 5) is 18.9. The van der Waals surface area contributed by atoms with Gasteiger partial charge in [-0.15, -0.1) is 0 Å². The average molecular weight is 381 g/mol. The molecule has 0 N–H and O–H groups in total. The van der Waals surface area contributed by atoms with E-state index in [9.17, 15) is 13.2 Å². The van der Waals surface area contributed by atoms with E-state index in [0.29, 0.717) is 5.17 Å². The van der Waals surface area contributed by atoms with Crippen LogP contribution < -0.4 is 4.90 Å². The molecule has 0 saturated carbocycles. The van der Waals surface area contributed by atoms with Crippen LogP contribution in [-0.4, -0.2) is 42.3 Å². The molecule has 1 amide bonds. The second-order valence-corrected chi connectivity index (χ2v) is 10.1. The normalized spacial score (nSPS) is 26.4. The zero-order chi connectivity index (χ0) is 18.2. The van der Waals surface area contributed by atoms with Gasteiger partial charge in [-0.25, -0.2) is 8.42 Å². The summed E-state index contributed by atoms with van der Waals surface area (Å²) in [7, 11) is -3.04. The van der Waals surface area contributed by atoms with E-state index < -0.39 is 9.84 Å². The first-order valence-electron chi connectivity index (χ1n) is 8.70. The predicted octanol–water partition coefficient (Wildman–Crippen LogP) is 3.03. The van der Waals surface area contributed by atoms with Gasteiger partial charge < -0.3 is 4.90 Å². The smallest absolute Gasteiger partial charge is 0.251 e. The summed E-state index contributed by atoms with van der Waals surface area (Å²) in [5.74, 6) is 0.101. The van der Waals surface area contributed by atoms with Crippen molar-refractivity contribution in [1.29, 1.82) is 0 Å². The Morgan fingerprint density at radius 2 is 2.04 bits per heavy atom. The third-order valence-electron chi connectivity index (χ3n) is 4.89. The first kappa shape index (κ1) is 18.5. The summed E-state index contributed by atoms with van der Waals surface area (Å²) >= 11 is 1.43. The average Bonchev–Trinajstić information content (AvgIpc) is 2.99. The largest absolute Gasteiger partial charge is 0.316 e. The SMILES string of the molecule is CCC(CC)C(=O)N=C1S[C@H]2CS(=O)(=O)C[C@@H]2N1c1cccc(C)c1. The minimum absolute atomic E-state index is 0.0567. The molecule has 2 atom stereocenters. The Hall–Kier alpha value is -1.34. The number of aryl methyl sites for hydroxylation is 1. The van der Waals surface area contributed by atoms with Gasteiger partial charge in [0.2, 0.25) is 0 Å².